The number of thiazole rings is 1. The van der Waals surface area contributed by atoms with Crippen molar-refractivity contribution in [2.45, 2.75) is 26.8 Å². The topological polar surface area (TPSA) is 59.1 Å². The van der Waals surface area contributed by atoms with E-state index in [1.54, 1.807) is 11.3 Å². The molecule has 0 aliphatic carbocycles. The van der Waals surface area contributed by atoms with Crippen molar-refractivity contribution in [1.29, 1.82) is 0 Å². The summed E-state index contributed by atoms with van der Waals surface area (Å²) in [5, 5.41) is 12.7. The second-order valence-electron chi connectivity index (χ2n) is 4.32. The SMILES string of the molecule is Cc1cc(-c2nc(C(C)N)cs2)cc(C)c1O. The van der Waals surface area contributed by atoms with Crippen molar-refractivity contribution in [2.75, 3.05) is 0 Å². The summed E-state index contributed by atoms with van der Waals surface area (Å²) in [6.45, 7) is 5.71. The average Bonchev–Trinajstić information content (AvgIpc) is 2.74. The number of benzene rings is 1. The average molecular weight is 248 g/mol. The predicted octanol–water partition coefficient (Wildman–Crippen LogP) is 3.15. The van der Waals surface area contributed by atoms with E-state index in [0.29, 0.717) is 5.75 Å². The fourth-order valence-corrected chi connectivity index (χ4v) is 2.62. The van der Waals surface area contributed by atoms with E-state index in [0.717, 1.165) is 27.4 Å². The van der Waals surface area contributed by atoms with E-state index < -0.39 is 0 Å². The maximum atomic E-state index is 9.73. The molecule has 0 aliphatic rings. The standard InChI is InChI=1S/C13H16N2OS/c1-7-4-10(5-8(2)12(7)16)13-15-11(6-17-13)9(3)14/h4-6,9,16H,14H2,1-3H3. The fourth-order valence-electron chi connectivity index (χ4n) is 1.71. The highest BCUT2D eigenvalue weighted by Gasteiger charge is 2.10. The van der Waals surface area contributed by atoms with E-state index in [2.05, 4.69) is 4.98 Å². The molecule has 0 spiro atoms. The zero-order chi connectivity index (χ0) is 12.6. The number of phenols is 1. The Kier molecular flexibility index (Phi) is 3.17. The molecule has 0 saturated heterocycles. The molecule has 0 radical (unpaired) electrons. The van der Waals surface area contributed by atoms with Crippen LogP contribution in [0.4, 0.5) is 0 Å². The normalized spacial score (nSPS) is 12.7. The minimum absolute atomic E-state index is 0.0423. The Balaban J connectivity index is 2.46. The summed E-state index contributed by atoms with van der Waals surface area (Å²) in [6, 6.07) is 3.86. The molecule has 0 amide bonds. The molecule has 0 bridgehead atoms. The van der Waals surface area contributed by atoms with Crippen LogP contribution in [0, 0.1) is 13.8 Å². The lowest BCUT2D eigenvalue weighted by Crippen LogP contribution is -2.04. The second kappa shape index (κ2) is 4.47. The van der Waals surface area contributed by atoms with Crippen molar-refractivity contribution in [3.05, 3.63) is 34.3 Å². The van der Waals surface area contributed by atoms with Crippen molar-refractivity contribution in [3.63, 3.8) is 0 Å². The van der Waals surface area contributed by atoms with Crippen LogP contribution in [0.5, 0.6) is 5.75 Å². The van der Waals surface area contributed by atoms with Gasteiger partial charge in [-0.05, 0) is 44.0 Å². The number of aromatic nitrogens is 1. The Labute approximate surface area is 105 Å². The van der Waals surface area contributed by atoms with Gasteiger partial charge >= 0.3 is 0 Å². The Bertz CT molecular complexity index is 523. The fraction of sp³-hybridized carbons (Fsp3) is 0.308. The Morgan fingerprint density at radius 3 is 2.35 bits per heavy atom. The van der Waals surface area contributed by atoms with Gasteiger partial charge in [0.05, 0.1) is 5.69 Å². The first-order chi connectivity index (χ1) is 7.99. The third-order valence-corrected chi connectivity index (χ3v) is 3.64. The van der Waals surface area contributed by atoms with Gasteiger partial charge in [-0.25, -0.2) is 4.98 Å². The van der Waals surface area contributed by atoms with Gasteiger partial charge in [0.1, 0.15) is 10.8 Å². The molecular formula is C13H16N2OS. The monoisotopic (exact) mass is 248 g/mol. The smallest absolute Gasteiger partial charge is 0.123 e. The Hall–Kier alpha value is -1.39. The van der Waals surface area contributed by atoms with Crippen molar-refractivity contribution < 1.29 is 5.11 Å². The van der Waals surface area contributed by atoms with Crippen molar-refractivity contribution in [1.82, 2.24) is 4.98 Å². The van der Waals surface area contributed by atoms with Gasteiger partial charge in [-0.1, -0.05) is 0 Å². The first kappa shape index (κ1) is 12.1. The summed E-state index contributed by atoms with van der Waals surface area (Å²) < 4.78 is 0. The van der Waals surface area contributed by atoms with Crippen molar-refractivity contribution in [3.8, 4) is 16.3 Å². The first-order valence-corrected chi connectivity index (χ1v) is 6.38. The van der Waals surface area contributed by atoms with Gasteiger partial charge in [0.25, 0.3) is 0 Å². The van der Waals surface area contributed by atoms with Crippen LogP contribution < -0.4 is 5.73 Å². The highest BCUT2D eigenvalue weighted by molar-refractivity contribution is 7.13. The largest absolute Gasteiger partial charge is 0.507 e. The van der Waals surface area contributed by atoms with Crippen LogP contribution in [0.25, 0.3) is 10.6 Å². The minimum atomic E-state index is -0.0423. The molecule has 3 N–H and O–H groups in total. The molecule has 1 atom stereocenters. The van der Waals surface area contributed by atoms with Crippen LogP contribution in [0.2, 0.25) is 0 Å². The first-order valence-electron chi connectivity index (χ1n) is 5.50. The maximum absolute atomic E-state index is 9.73. The molecule has 4 heteroatoms. The van der Waals surface area contributed by atoms with E-state index in [-0.39, 0.29) is 6.04 Å². The van der Waals surface area contributed by atoms with Gasteiger partial charge in [-0.15, -0.1) is 11.3 Å². The molecule has 17 heavy (non-hydrogen) atoms. The highest BCUT2D eigenvalue weighted by Crippen LogP contribution is 2.31. The molecule has 2 aromatic rings. The van der Waals surface area contributed by atoms with Crippen LogP contribution in [-0.2, 0) is 0 Å². The van der Waals surface area contributed by atoms with Gasteiger partial charge in [0, 0.05) is 17.0 Å². The second-order valence-corrected chi connectivity index (χ2v) is 5.18. The third kappa shape index (κ3) is 2.33. The summed E-state index contributed by atoms with van der Waals surface area (Å²) in [6.07, 6.45) is 0. The lowest BCUT2D eigenvalue weighted by atomic mass is 10.1. The van der Waals surface area contributed by atoms with Crippen LogP contribution in [-0.4, -0.2) is 10.1 Å². The number of phenolic OH excluding ortho intramolecular Hbond substituents is 1. The summed E-state index contributed by atoms with van der Waals surface area (Å²) in [4.78, 5) is 4.50. The van der Waals surface area contributed by atoms with Crippen LogP contribution in [0.1, 0.15) is 29.8 Å². The summed E-state index contributed by atoms with van der Waals surface area (Å²) in [5.41, 5.74) is 9.49. The van der Waals surface area contributed by atoms with E-state index >= 15 is 0 Å². The number of hydrogen-bond donors (Lipinski definition) is 2. The van der Waals surface area contributed by atoms with Crippen LogP contribution >= 0.6 is 11.3 Å². The third-order valence-electron chi connectivity index (χ3n) is 2.73. The minimum Gasteiger partial charge on any atom is -0.507 e. The Morgan fingerprint density at radius 1 is 1.29 bits per heavy atom. The predicted molar refractivity (Wildman–Crippen MR) is 71.3 cm³/mol. The van der Waals surface area contributed by atoms with Gasteiger partial charge in [0.2, 0.25) is 0 Å². The number of nitrogens with zero attached hydrogens (tertiary/aromatic N) is 1. The molecule has 90 valence electrons. The lowest BCUT2D eigenvalue weighted by molar-refractivity contribution is 0.467. The highest BCUT2D eigenvalue weighted by atomic mass is 32.1. The molecule has 3 nitrogen and oxygen atoms in total. The number of hydrogen-bond acceptors (Lipinski definition) is 4. The number of aromatic hydroxyl groups is 1. The molecule has 1 aromatic heterocycles. The van der Waals surface area contributed by atoms with Crippen molar-refractivity contribution >= 4 is 11.3 Å². The molecule has 0 fully saturated rings. The van der Waals surface area contributed by atoms with Gasteiger partial charge in [-0.2, -0.15) is 0 Å². The number of aryl methyl sites for hydroxylation is 2. The molecule has 0 saturated carbocycles. The van der Waals surface area contributed by atoms with Crippen molar-refractivity contribution in [2.24, 2.45) is 5.73 Å². The zero-order valence-corrected chi connectivity index (χ0v) is 11.0. The van der Waals surface area contributed by atoms with E-state index in [1.165, 1.54) is 0 Å². The van der Waals surface area contributed by atoms with Crippen LogP contribution in [0.3, 0.4) is 0 Å². The summed E-state index contributed by atoms with van der Waals surface area (Å²) in [5.74, 6) is 0.359. The number of nitrogens with two attached hydrogens (primary N) is 1. The van der Waals surface area contributed by atoms with Crippen LogP contribution in [0.15, 0.2) is 17.5 Å². The molecule has 1 aromatic carbocycles. The summed E-state index contributed by atoms with van der Waals surface area (Å²) in [7, 11) is 0. The molecule has 1 heterocycles. The lowest BCUT2D eigenvalue weighted by Gasteiger charge is -2.05. The Morgan fingerprint density at radius 2 is 1.88 bits per heavy atom. The molecular weight excluding hydrogens is 232 g/mol. The van der Waals surface area contributed by atoms with Gasteiger partial charge in [-0.3, -0.25) is 0 Å². The number of rotatable bonds is 2. The molecule has 0 aliphatic heterocycles. The maximum Gasteiger partial charge on any atom is 0.123 e. The molecule has 2 rings (SSSR count). The molecule has 1 unspecified atom stereocenters. The van der Waals surface area contributed by atoms with E-state index in [1.807, 2.05) is 38.3 Å². The zero-order valence-electron chi connectivity index (χ0n) is 10.2. The van der Waals surface area contributed by atoms with E-state index in [9.17, 15) is 5.11 Å². The van der Waals surface area contributed by atoms with Gasteiger partial charge < -0.3 is 10.8 Å². The summed E-state index contributed by atoms with van der Waals surface area (Å²) >= 11 is 1.58. The van der Waals surface area contributed by atoms with Gasteiger partial charge in [0.15, 0.2) is 0 Å². The quantitative estimate of drug-likeness (QED) is 0.858. The van der Waals surface area contributed by atoms with E-state index in [4.69, 9.17) is 5.73 Å².